The first-order valence-electron chi connectivity index (χ1n) is 5.61. The number of fused-ring (bicyclic) bond motifs is 1. The molecule has 1 aliphatic heterocycles. The highest BCUT2D eigenvalue weighted by Gasteiger charge is 2.26. The van der Waals surface area contributed by atoms with Crippen LogP contribution in [0.2, 0.25) is 0 Å². The Morgan fingerprint density at radius 3 is 3.12 bits per heavy atom. The van der Waals surface area contributed by atoms with Gasteiger partial charge in [0.25, 0.3) is 0 Å². The lowest BCUT2D eigenvalue weighted by Crippen LogP contribution is -2.28. The van der Waals surface area contributed by atoms with Gasteiger partial charge in [0.1, 0.15) is 0 Å². The van der Waals surface area contributed by atoms with Crippen LogP contribution in [0.25, 0.3) is 4.96 Å². The fourth-order valence-corrected chi connectivity index (χ4v) is 3.02. The monoisotopic (exact) mass is 236 g/mol. The Morgan fingerprint density at radius 1 is 1.56 bits per heavy atom. The van der Waals surface area contributed by atoms with Crippen molar-refractivity contribution in [3.8, 4) is 0 Å². The second-order valence-corrected chi connectivity index (χ2v) is 5.53. The number of nitrogens with zero attached hydrogens (tertiary/aromatic N) is 3. The lowest BCUT2D eigenvalue weighted by molar-refractivity contribution is 0.315. The van der Waals surface area contributed by atoms with E-state index in [0.717, 1.165) is 30.3 Å². The van der Waals surface area contributed by atoms with Crippen molar-refractivity contribution >= 4 is 16.3 Å². The molecule has 1 fully saturated rings. The molecular weight excluding hydrogens is 220 g/mol. The lowest BCUT2D eigenvalue weighted by Gasteiger charge is -2.12. The highest BCUT2D eigenvalue weighted by atomic mass is 32.1. The van der Waals surface area contributed by atoms with E-state index in [1.165, 1.54) is 0 Å². The second-order valence-electron chi connectivity index (χ2n) is 4.66. The fraction of sp³-hybridized carbons (Fsp3) is 0.545. The van der Waals surface area contributed by atoms with Gasteiger partial charge in [0.2, 0.25) is 0 Å². The molecule has 2 atom stereocenters. The van der Waals surface area contributed by atoms with Crippen molar-refractivity contribution in [1.82, 2.24) is 14.3 Å². The zero-order valence-corrected chi connectivity index (χ0v) is 10.2. The van der Waals surface area contributed by atoms with Crippen LogP contribution in [0, 0.1) is 5.92 Å². The molecule has 0 amide bonds. The van der Waals surface area contributed by atoms with Crippen molar-refractivity contribution in [2.24, 2.45) is 11.7 Å². The highest BCUT2D eigenvalue weighted by Crippen LogP contribution is 2.18. The van der Waals surface area contributed by atoms with E-state index < -0.39 is 0 Å². The molecule has 2 aromatic heterocycles. The van der Waals surface area contributed by atoms with Crippen LogP contribution in [0.15, 0.2) is 17.8 Å². The molecule has 3 heterocycles. The maximum Gasteiger partial charge on any atom is 0.193 e. The molecule has 5 heteroatoms. The number of hydrogen-bond acceptors (Lipinski definition) is 4. The minimum atomic E-state index is 0.323. The molecular formula is C11H16N4S. The van der Waals surface area contributed by atoms with Gasteiger partial charge in [-0.05, 0) is 5.92 Å². The number of rotatable bonds is 2. The minimum absolute atomic E-state index is 0.323. The van der Waals surface area contributed by atoms with Gasteiger partial charge in [0, 0.05) is 43.4 Å². The third-order valence-electron chi connectivity index (χ3n) is 3.27. The number of hydrogen-bond donors (Lipinski definition) is 1. The molecule has 0 saturated carbocycles. The van der Waals surface area contributed by atoms with Crippen LogP contribution in [0.4, 0.5) is 0 Å². The summed E-state index contributed by atoms with van der Waals surface area (Å²) in [4.78, 5) is 8.05. The third-order valence-corrected chi connectivity index (χ3v) is 4.05. The summed E-state index contributed by atoms with van der Waals surface area (Å²) < 4.78 is 2.08. The summed E-state index contributed by atoms with van der Waals surface area (Å²) in [6, 6.07) is 0.323. The van der Waals surface area contributed by atoms with Crippen molar-refractivity contribution in [2.75, 3.05) is 13.1 Å². The molecule has 2 N–H and O–H groups in total. The Kier molecular flexibility index (Phi) is 2.46. The van der Waals surface area contributed by atoms with E-state index in [-0.39, 0.29) is 0 Å². The van der Waals surface area contributed by atoms with Crippen molar-refractivity contribution < 1.29 is 0 Å². The van der Waals surface area contributed by atoms with Crippen molar-refractivity contribution in [1.29, 1.82) is 0 Å². The topological polar surface area (TPSA) is 46.6 Å². The van der Waals surface area contributed by atoms with Gasteiger partial charge in [0.15, 0.2) is 4.96 Å². The standard InChI is InChI=1S/C11H16N4S/c1-8-4-14(7-10(8)12)5-9-6-15-2-3-16-11(15)13-9/h2-3,6,8,10H,4-5,7,12H2,1H3. The first-order chi connectivity index (χ1) is 7.72. The molecule has 0 aromatic carbocycles. The molecule has 16 heavy (non-hydrogen) atoms. The SMILES string of the molecule is CC1CN(Cc2cn3ccsc3n2)CC1N. The summed E-state index contributed by atoms with van der Waals surface area (Å²) in [6.07, 6.45) is 4.16. The highest BCUT2D eigenvalue weighted by molar-refractivity contribution is 7.15. The van der Waals surface area contributed by atoms with Gasteiger partial charge in [-0.3, -0.25) is 9.30 Å². The van der Waals surface area contributed by atoms with E-state index in [4.69, 9.17) is 5.73 Å². The van der Waals surface area contributed by atoms with Gasteiger partial charge in [-0.1, -0.05) is 6.92 Å². The van der Waals surface area contributed by atoms with E-state index >= 15 is 0 Å². The van der Waals surface area contributed by atoms with E-state index in [9.17, 15) is 0 Å². The summed E-state index contributed by atoms with van der Waals surface area (Å²) in [5.41, 5.74) is 7.16. The Bertz CT molecular complexity index is 450. The molecule has 2 aromatic rings. The lowest BCUT2D eigenvalue weighted by atomic mass is 10.1. The molecule has 1 aliphatic rings. The van der Waals surface area contributed by atoms with Crippen molar-refractivity contribution in [2.45, 2.75) is 19.5 Å². The molecule has 2 unspecified atom stereocenters. The molecule has 0 radical (unpaired) electrons. The summed E-state index contributed by atoms with van der Waals surface area (Å²) >= 11 is 1.68. The van der Waals surface area contributed by atoms with Crippen molar-refractivity contribution in [3.63, 3.8) is 0 Å². The van der Waals surface area contributed by atoms with Gasteiger partial charge in [0.05, 0.1) is 5.69 Å². The van der Waals surface area contributed by atoms with Crippen LogP contribution >= 0.6 is 11.3 Å². The Labute approximate surface area is 98.7 Å². The predicted molar refractivity (Wildman–Crippen MR) is 65.5 cm³/mol. The van der Waals surface area contributed by atoms with Gasteiger partial charge in [-0.15, -0.1) is 11.3 Å². The summed E-state index contributed by atoms with van der Waals surface area (Å²) in [6.45, 7) is 5.22. The normalized spacial score (nSPS) is 26.9. The molecule has 3 rings (SSSR count). The minimum Gasteiger partial charge on any atom is -0.326 e. The van der Waals surface area contributed by atoms with Gasteiger partial charge in [-0.25, -0.2) is 4.98 Å². The van der Waals surface area contributed by atoms with E-state index in [1.54, 1.807) is 11.3 Å². The van der Waals surface area contributed by atoms with Crippen LogP contribution in [0.5, 0.6) is 0 Å². The molecule has 0 spiro atoms. The Hall–Kier alpha value is -0.910. The zero-order valence-electron chi connectivity index (χ0n) is 9.34. The average Bonchev–Trinajstić information content (AvgIpc) is 2.83. The largest absolute Gasteiger partial charge is 0.326 e. The Balaban J connectivity index is 1.73. The molecule has 86 valence electrons. The summed E-state index contributed by atoms with van der Waals surface area (Å²) in [7, 11) is 0. The number of thiazole rings is 1. The van der Waals surface area contributed by atoms with Gasteiger partial charge < -0.3 is 5.73 Å². The fourth-order valence-electron chi connectivity index (χ4n) is 2.31. The Morgan fingerprint density at radius 2 is 2.44 bits per heavy atom. The van der Waals surface area contributed by atoms with Crippen LogP contribution in [-0.2, 0) is 6.54 Å². The number of nitrogens with two attached hydrogens (primary N) is 1. The maximum atomic E-state index is 6.01. The third kappa shape index (κ3) is 1.75. The first kappa shape index (κ1) is 10.3. The van der Waals surface area contributed by atoms with Crippen LogP contribution in [-0.4, -0.2) is 33.4 Å². The van der Waals surface area contributed by atoms with Crippen LogP contribution in [0.3, 0.4) is 0 Å². The summed E-state index contributed by atoms with van der Waals surface area (Å²) in [5, 5.41) is 2.06. The number of likely N-dealkylation sites (tertiary alicyclic amines) is 1. The quantitative estimate of drug-likeness (QED) is 0.851. The molecule has 0 aliphatic carbocycles. The van der Waals surface area contributed by atoms with Crippen LogP contribution in [0.1, 0.15) is 12.6 Å². The molecule has 0 bridgehead atoms. The van der Waals surface area contributed by atoms with E-state index in [1.807, 2.05) is 0 Å². The average molecular weight is 236 g/mol. The number of aromatic nitrogens is 2. The zero-order chi connectivity index (χ0) is 11.1. The number of imidazole rings is 1. The van der Waals surface area contributed by atoms with E-state index in [0.29, 0.717) is 12.0 Å². The van der Waals surface area contributed by atoms with Crippen molar-refractivity contribution in [3.05, 3.63) is 23.5 Å². The predicted octanol–water partition coefficient (Wildman–Crippen LogP) is 1.17. The summed E-state index contributed by atoms with van der Waals surface area (Å²) in [5.74, 6) is 0.601. The van der Waals surface area contributed by atoms with Gasteiger partial charge >= 0.3 is 0 Å². The van der Waals surface area contributed by atoms with Crippen LogP contribution < -0.4 is 5.73 Å². The molecule has 4 nitrogen and oxygen atoms in total. The van der Waals surface area contributed by atoms with E-state index in [2.05, 4.69) is 39.0 Å². The molecule has 1 saturated heterocycles. The smallest absolute Gasteiger partial charge is 0.193 e. The maximum absolute atomic E-state index is 6.01. The van der Waals surface area contributed by atoms with Gasteiger partial charge in [-0.2, -0.15) is 0 Å². The second kappa shape index (κ2) is 3.84. The first-order valence-corrected chi connectivity index (χ1v) is 6.49.